The maximum Gasteiger partial charge on any atom is 0.441 e. The van der Waals surface area contributed by atoms with Crippen LogP contribution in [0.1, 0.15) is 42.4 Å². The fraction of sp³-hybridized carbons (Fsp3) is 0.333. The lowest BCUT2D eigenvalue weighted by Crippen LogP contribution is -2.55. The van der Waals surface area contributed by atoms with E-state index in [1.54, 1.807) is 0 Å². The standard InChI is InChI=1S/C33H35NO5S2/c35-30-31(36)39-41(38-30)26-14-25-40-32(41,22-11-4-12-23-34-24-13-17-27-15-5-1-6-16-27)33(37,28-18-7-2-8-19-28)29-20-9-3-10-21-29/h1-3,5-10,15-16,18-21,34,37H,11,13-14,17,22-26H2. The molecule has 0 saturated carbocycles. The topological polar surface area (TPSA) is 84.9 Å². The first kappa shape index (κ1) is 29.3. The molecule has 6 nitrogen and oxygen atoms in total. The monoisotopic (exact) mass is 589 g/mol. The molecule has 1 spiro atoms. The quantitative estimate of drug-likeness (QED) is 0.184. The zero-order valence-corrected chi connectivity index (χ0v) is 24.6. The molecule has 41 heavy (non-hydrogen) atoms. The van der Waals surface area contributed by atoms with Gasteiger partial charge in [0, 0.05) is 6.42 Å². The molecule has 2 N–H and O–H groups in total. The molecule has 5 rings (SSSR count). The summed E-state index contributed by atoms with van der Waals surface area (Å²) in [5.74, 6) is 5.61. The molecular weight excluding hydrogens is 554 g/mol. The van der Waals surface area contributed by atoms with Crippen molar-refractivity contribution in [2.75, 3.05) is 24.6 Å². The number of hydrogen-bond acceptors (Lipinski definition) is 7. The summed E-state index contributed by atoms with van der Waals surface area (Å²) in [5, 5.41) is 16.4. The fourth-order valence-electron chi connectivity index (χ4n) is 5.58. The fourth-order valence-corrected chi connectivity index (χ4v) is 11.5. The first-order valence-electron chi connectivity index (χ1n) is 14.0. The number of hydrogen-bond donors (Lipinski definition) is 2. The number of thioether (sulfide) groups is 1. The summed E-state index contributed by atoms with van der Waals surface area (Å²) in [7, 11) is -2.82. The normalized spacial score (nSPS) is 20.5. The summed E-state index contributed by atoms with van der Waals surface area (Å²) in [6.07, 6.45) is 3.55. The smallest absolute Gasteiger partial charge is 0.377 e. The molecule has 2 aliphatic heterocycles. The van der Waals surface area contributed by atoms with Crippen molar-refractivity contribution in [2.45, 2.75) is 41.8 Å². The third-order valence-corrected chi connectivity index (χ3v) is 13.2. The second-order valence-electron chi connectivity index (χ2n) is 10.1. The minimum absolute atomic E-state index is 0.370. The molecule has 3 aromatic rings. The molecule has 8 heteroatoms. The van der Waals surface area contributed by atoms with Crippen molar-refractivity contribution in [3.63, 3.8) is 0 Å². The van der Waals surface area contributed by atoms with E-state index in [0.29, 0.717) is 42.7 Å². The van der Waals surface area contributed by atoms with Gasteiger partial charge in [-0.05, 0) is 54.7 Å². The molecule has 3 aromatic carbocycles. The Bertz CT molecular complexity index is 1340. The molecule has 2 heterocycles. The zero-order valence-electron chi connectivity index (χ0n) is 22.9. The van der Waals surface area contributed by atoms with Crippen LogP contribution < -0.4 is 5.32 Å². The lowest BCUT2D eigenvalue weighted by Gasteiger charge is -2.60. The van der Waals surface area contributed by atoms with Crippen molar-refractivity contribution in [1.82, 2.24) is 5.32 Å². The molecule has 0 aromatic heterocycles. The highest BCUT2D eigenvalue weighted by atomic mass is 32.3. The van der Waals surface area contributed by atoms with Crippen molar-refractivity contribution < 1.29 is 23.1 Å². The number of benzene rings is 3. The Morgan fingerprint density at radius 2 is 1.46 bits per heavy atom. The van der Waals surface area contributed by atoms with E-state index >= 15 is 0 Å². The van der Waals surface area contributed by atoms with Gasteiger partial charge in [-0.15, -0.1) is 17.7 Å². The lowest BCUT2D eigenvalue weighted by molar-refractivity contribution is -0.150. The summed E-state index contributed by atoms with van der Waals surface area (Å²) < 4.78 is 10.6. The average molecular weight is 590 g/mol. The largest absolute Gasteiger partial charge is 0.441 e. The highest BCUT2D eigenvalue weighted by Gasteiger charge is 2.67. The van der Waals surface area contributed by atoms with Gasteiger partial charge in [-0.25, -0.2) is 9.59 Å². The van der Waals surface area contributed by atoms with Crippen molar-refractivity contribution in [3.8, 4) is 11.8 Å². The molecule has 214 valence electrons. The zero-order chi connectivity index (χ0) is 28.6. The molecule has 0 aliphatic carbocycles. The van der Waals surface area contributed by atoms with Crippen LogP contribution in [0.25, 0.3) is 0 Å². The van der Waals surface area contributed by atoms with Gasteiger partial charge in [-0.3, -0.25) is 0 Å². The summed E-state index contributed by atoms with van der Waals surface area (Å²) in [5.41, 5.74) is 1.02. The van der Waals surface area contributed by atoms with Crippen LogP contribution in [0, 0.1) is 11.8 Å². The SMILES string of the molecule is O=C1OS2(CCCSC2(CCC#CCNCCCc2ccccc2)C(O)(c2ccccc2)c2ccccc2)OC1=O. The summed E-state index contributed by atoms with van der Waals surface area (Å²) in [4.78, 5) is 25.0. The van der Waals surface area contributed by atoms with Crippen molar-refractivity contribution >= 4 is 34.3 Å². The Balaban J connectivity index is 1.40. The Morgan fingerprint density at radius 1 is 0.878 bits per heavy atom. The summed E-state index contributed by atoms with van der Waals surface area (Å²) >= 11 is 1.53. The Labute approximate surface area is 248 Å². The number of rotatable bonds is 10. The number of aliphatic hydroxyl groups is 1. The molecule has 0 bridgehead atoms. The van der Waals surface area contributed by atoms with Crippen LogP contribution in [0.15, 0.2) is 91.0 Å². The number of nitrogens with one attached hydrogen (secondary N) is 1. The molecular formula is C33H35NO5S2. The highest BCUT2D eigenvalue weighted by molar-refractivity contribution is 8.36. The third-order valence-electron chi connectivity index (χ3n) is 7.50. The van der Waals surface area contributed by atoms with Crippen molar-refractivity contribution in [3.05, 3.63) is 108 Å². The van der Waals surface area contributed by atoms with Crippen LogP contribution in [0.3, 0.4) is 0 Å². The second kappa shape index (κ2) is 13.2. The number of aryl methyl sites for hydroxylation is 1. The van der Waals surface area contributed by atoms with Crippen LogP contribution in [-0.2, 0) is 30.0 Å². The minimum atomic E-state index is -2.82. The first-order chi connectivity index (χ1) is 20.0. The summed E-state index contributed by atoms with van der Waals surface area (Å²) in [6, 6.07) is 29.2. The van der Waals surface area contributed by atoms with E-state index < -0.39 is 32.2 Å². The van der Waals surface area contributed by atoms with Crippen molar-refractivity contribution in [1.29, 1.82) is 0 Å². The lowest BCUT2D eigenvalue weighted by atomic mass is 9.81. The van der Waals surface area contributed by atoms with Gasteiger partial charge in [0.05, 0.1) is 12.3 Å². The molecule has 2 saturated heterocycles. The Hall–Kier alpha value is -3.22. The van der Waals surface area contributed by atoms with E-state index in [9.17, 15) is 14.7 Å². The Kier molecular flexibility index (Phi) is 9.41. The van der Waals surface area contributed by atoms with E-state index in [2.05, 4.69) is 41.4 Å². The van der Waals surface area contributed by atoms with Crippen LogP contribution in [0.2, 0.25) is 0 Å². The van der Waals surface area contributed by atoms with Crippen LogP contribution in [0.4, 0.5) is 0 Å². The van der Waals surface area contributed by atoms with E-state index in [1.807, 2.05) is 66.7 Å². The first-order valence-corrected chi connectivity index (χ1v) is 16.6. The van der Waals surface area contributed by atoms with Crippen molar-refractivity contribution in [2.24, 2.45) is 0 Å². The maximum absolute atomic E-state index is 13.0. The van der Waals surface area contributed by atoms with Gasteiger partial charge in [0.25, 0.3) is 0 Å². The maximum atomic E-state index is 13.0. The van der Waals surface area contributed by atoms with Gasteiger partial charge in [0.2, 0.25) is 0 Å². The molecule has 2 fully saturated rings. The van der Waals surface area contributed by atoms with Crippen LogP contribution in [-0.4, -0.2) is 45.7 Å². The van der Waals surface area contributed by atoms with E-state index in [0.717, 1.165) is 25.1 Å². The highest BCUT2D eigenvalue weighted by Crippen LogP contribution is 2.77. The van der Waals surface area contributed by atoms with Gasteiger partial charge >= 0.3 is 11.9 Å². The van der Waals surface area contributed by atoms with Gasteiger partial charge in [-0.1, -0.05) is 108 Å². The molecule has 1 atom stereocenters. The van der Waals surface area contributed by atoms with Crippen LogP contribution in [0.5, 0.6) is 0 Å². The van der Waals surface area contributed by atoms with E-state index in [4.69, 9.17) is 8.37 Å². The summed E-state index contributed by atoms with van der Waals surface area (Å²) in [6.45, 7) is 1.42. The van der Waals surface area contributed by atoms with E-state index in [-0.39, 0.29) is 0 Å². The van der Waals surface area contributed by atoms with Gasteiger partial charge in [0.15, 0.2) is 4.08 Å². The average Bonchev–Trinajstić information content (AvgIpc) is 3.31. The Morgan fingerprint density at radius 3 is 2.07 bits per heavy atom. The number of carbonyl (C=O) groups excluding carboxylic acids is 2. The minimum Gasteiger partial charge on any atom is -0.377 e. The molecule has 2 aliphatic rings. The van der Waals surface area contributed by atoms with Gasteiger partial charge in [0.1, 0.15) is 5.60 Å². The molecule has 0 amide bonds. The molecule has 0 radical (unpaired) electrons. The predicted octanol–water partition coefficient (Wildman–Crippen LogP) is 5.50. The van der Waals surface area contributed by atoms with Crippen LogP contribution >= 0.6 is 22.4 Å². The second-order valence-corrected chi connectivity index (χ2v) is 14.4. The van der Waals surface area contributed by atoms with Gasteiger partial charge < -0.3 is 18.8 Å². The molecule has 1 unspecified atom stereocenters. The third kappa shape index (κ3) is 5.91. The van der Waals surface area contributed by atoms with Gasteiger partial charge in [-0.2, -0.15) is 0 Å². The van der Waals surface area contributed by atoms with E-state index in [1.165, 1.54) is 17.3 Å². The number of carbonyl (C=O) groups is 2. The predicted molar refractivity (Wildman–Crippen MR) is 165 cm³/mol.